The molecule has 0 bridgehead atoms. The number of hydrogen-bond acceptors (Lipinski definition) is 5. The van der Waals surface area contributed by atoms with Crippen LogP contribution in [-0.4, -0.2) is 62.3 Å². The first-order valence-corrected chi connectivity index (χ1v) is 7.38. The van der Waals surface area contributed by atoms with E-state index in [2.05, 4.69) is 15.0 Å². The minimum atomic E-state index is -4.71. The molecule has 2 atom stereocenters. The summed E-state index contributed by atoms with van der Waals surface area (Å²) in [7, 11) is 2.02. The van der Waals surface area contributed by atoms with Crippen molar-refractivity contribution in [3.05, 3.63) is 29.8 Å². The number of alkyl halides is 3. The van der Waals surface area contributed by atoms with Gasteiger partial charge in [0.1, 0.15) is 5.75 Å². The quantitative estimate of drug-likeness (QED) is 0.827. The third-order valence-corrected chi connectivity index (χ3v) is 3.55. The van der Waals surface area contributed by atoms with E-state index in [9.17, 15) is 18.3 Å². The highest BCUT2D eigenvalue weighted by molar-refractivity contribution is 5.28. The van der Waals surface area contributed by atoms with Gasteiger partial charge in [-0.05, 0) is 24.7 Å². The Balaban J connectivity index is 1.75. The van der Waals surface area contributed by atoms with Gasteiger partial charge in [-0.2, -0.15) is 0 Å². The molecule has 1 fully saturated rings. The molecule has 5 nitrogen and oxygen atoms in total. The van der Waals surface area contributed by atoms with Crippen LogP contribution in [-0.2, 0) is 4.74 Å². The Labute approximate surface area is 133 Å². The summed E-state index contributed by atoms with van der Waals surface area (Å²) in [5.74, 6) is -0.306. The van der Waals surface area contributed by atoms with Gasteiger partial charge in [-0.25, -0.2) is 0 Å². The molecule has 1 aliphatic heterocycles. The number of rotatable bonds is 6. The van der Waals surface area contributed by atoms with Crippen molar-refractivity contribution in [3.8, 4) is 5.75 Å². The number of ether oxygens (including phenoxy) is 2. The van der Waals surface area contributed by atoms with Gasteiger partial charge in [0.05, 0.1) is 18.8 Å². The largest absolute Gasteiger partial charge is 0.573 e. The molecule has 0 spiro atoms. The van der Waals surface area contributed by atoms with Crippen LogP contribution in [0.1, 0.15) is 11.7 Å². The zero-order chi connectivity index (χ0) is 16.9. The molecule has 1 aliphatic rings. The Bertz CT molecular complexity index is 482. The van der Waals surface area contributed by atoms with Crippen LogP contribution in [0.3, 0.4) is 0 Å². The Hall–Kier alpha value is -1.35. The number of hydrogen-bond donors (Lipinski definition) is 2. The maximum absolute atomic E-state index is 12.1. The first kappa shape index (κ1) is 18.0. The van der Waals surface area contributed by atoms with E-state index in [1.165, 1.54) is 24.3 Å². The highest BCUT2D eigenvalue weighted by Crippen LogP contribution is 2.24. The second kappa shape index (κ2) is 7.96. The maximum atomic E-state index is 12.1. The van der Waals surface area contributed by atoms with Crippen LogP contribution in [0.4, 0.5) is 13.2 Å². The highest BCUT2D eigenvalue weighted by atomic mass is 19.4. The predicted molar refractivity (Wildman–Crippen MR) is 78.2 cm³/mol. The first-order chi connectivity index (χ1) is 10.8. The van der Waals surface area contributed by atoms with Crippen LogP contribution >= 0.6 is 0 Å². The Morgan fingerprint density at radius 2 is 2.09 bits per heavy atom. The Kier molecular flexibility index (Phi) is 6.23. The lowest BCUT2D eigenvalue weighted by Crippen LogP contribution is -2.45. The molecule has 0 unspecified atom stereocenters. The molecule has 0 radical (unpaired) electrons. The van der Waals surface area contributed by atoms with Crippen molar-refractivity contribution in [2.45, 2.75) is 18.6 Å². The van der Waals surface area contributed by atoms with E-state index in [0.29, 0.717) is 25.3 Å². The van der Waals surface area contributed by atoms with Crippen molar-refractivity contribution in [3.63, 3.8) is 0 Å². The molecule has 130 valence electrons. The lowest BCUT2D eigenvalue weighted by molar-refractivity contribution is -0.274. The molecule has 2 rings (SSSR count). The van der Waals surface area contributed by atoms with E-state index in [1.54, 1.807) is 0 Å². The third kappa shape index (κ3) is 6.34. The van der Waals surface area contributed by atoms with E-state index in [0.717, 1.165) is 13.1 Å². The van der Waals surface area contributed by atoms with E-state index in [4.69, 9.17) is 4.74 Å². The number of nitrogens with zero attached hydrogens (tertiary/aromatic N) is 1. The second-order valence-electron chi connectivity index (χ2n) is 5.55. The third-order valence-electron chi connectivity index (χ3n) is 3.55. The lowest BCUT2D eigenvalue weighted by Gasteiger charge is -2.30. The summed E-state index contributed by atoms with van der Waals surface area (Å²) < 4.78 is 45.6. The number of aliphatic hydroxyl groups excluding tert-OH is 1. The number of nitrogens with one attached hydrogen (secondary N) is 1. The minimum absolute atomic E-state index is 0.0727. The van der Waals surface area contributed by atoms with Gasteiger partial charge >= 0.3 is 6.36 Å². The summed E-state index contributed by atoms with van der Waals surface area (Å²) in [4.78, 5) is 2.17. The highest BCUT2D eigenvalue weighted by Gasteiger charge is 2.31. The molecular formula is C15H21F3N2O3. The number of aliphatic hydroxyl groups is 1. The molecule has 1 aromatic rings. The van der Waals surface area contributed by atoms with Crippen LogP contribution in [0.25, 0.3) is 0 Å². The van der Waals surface area contributed by atoms with Crippen molar-refractivity contribution < 1.29 is 27.8 Å². The second-order valence-corrected chi connectivity index (χ2v) is 5.55. The van der Waals surface area contributed by atoms with Gasteiger partial charge in [0.15, 0.2) is 0 Å². The molecule has 0 aliphatic carbocycles. The van der Waals surface area contributed by atoms with Crippen LogP contribution in [0, 0.1) is 0 Å². The van der Waals surface area contributed by atoms with Crippen molar-refractivity contribution >= 4 is 0 Å². The average molecular weight is 334 g/mol. The van der Waals surface area contributed by atoms with E-state index in [-0.39, 0.29) is 11.9 Å². The maximum Gasteiger partial charge on any atom is 0.573 e. The van der Waals surface area contributed by atoms with Gasteiger partial charge in [-0.3, -0.25) is 0 Å². The van der Waals surface area contributed by atoms with Crippen LogP contribution in [0.15, 0.2) is 24.3 Å². The molecule has 1 saturated heterocycles. The summed E-state index contributed by atoms with van der Waals surface area (Å²) in [5.41, 5.74) is 0.522. The monoisotopic (exact) mass is 334 g/mol. The molecule has 0 saturated carbocycles. The number of halogens is 3. The standard InChI is InChI=1S/C15H21F3N2O3/c1-20-6-7-22-13(10-20)8-19-9-14(21)11-2-4-12(5-3-11)23-15(16,17)18/h2-5,13-14,19,21H,6-10H2,1H3/t13-,14-/m1/s1. The van der Waals surface area contributed by atoms with Crippen LogP contribution in [0.2, 0.25) is 0 Å². The van der Waals surface area contributed by atoms with Gasteiger partial charge in [0.2, 0.25) is 0 Å². The zero-order valence-corrected chi connectivity index (χ0v) is 12.8. The van der Waals surface area contributed by atoms with Crippen molar-refractivity contribution in [1.29, 1.82) is 0 Å². The molecular weight excluding hydrogens is 313 g/mol. The molecule has 8 heteroatoms. The fourth-order valence-corrected chi connectivity index (χ4v) is 2.38. The summed E-state index contributed by atoms with van der Waals surface area (Å²) in [5, 5.41) is 13.2. The molecule has 2 N–H and O–H groups in total. The van der Waals surface area contributed by atoms with Crippen molar-refractivity contribution in [1.82, 2.24) is 10.2 Å². The molecule has 1 heterocycles. The molecule has 23 heavy (non-hydrogen) atoms. The van der Waals surface area contributed by atoms with E-state index >= 15 is 0 Å². The number of likely N-dealkylation sites (N-methyl/N-ethyl adjacent to an activating group) is 1. The Morgan fingerprint density at radius 1 is 1.39 bits per heavy atom. The summed E-state index contributed by atoms with van der Waals surface area (Å²) >= 11 is 0. The van der Waals surface area contributed by atoms with E-state index in [1.807, 2.05) is 7.05 Å². The lowest BCUT2D eigenvalue weighted by atomic mass is 10.1. The number of benzene rings is 1. The Morgan fingerprint density at radius 3 is 2.70 bits per heavy atom. The minimum Gasteiger partial charge on any atom is -0.406 e. The topological polar surface area (TPSA) is 54.0 Å². The van der Waals surface area contributed by atoms with Gasteiger partial charge in [-0.15, -0.1) is 13.2 Å². The van der Waals surface area contributed by atoms with Crippen LogP contribution < -0.4 is 10.1 Å². The fraction of sp³-hybridized carbons (Fsp3) is 0.600. The molecule has 1 aromatic carbocycles. The first-order valence-electron chi connectivity index (χ1n) is 7.38. The predicted octanol–water partition coefficient (Wildman–Crippen LogP) is 1.54. The van der Waals surface area contributed by atoms with Gasteiger partial charge in [-0.1, -0.05) is 12.1 Å². The summed E-state index contributed by atoms with van der Waals surface area (Å²) in [6.07, 6.45) is -5.45. The molecule has 0 aromatic heterocycles. The van der Waals surface area contributed by atoms with E-state index < -0.39 is 12.5 Å². The zero-order valence-electron chi connectivity index (χ0n) is 12.8. The van der Waals surface area contributed by atoms with Crippen LogP contribution in [0.5, 0.6) is 5.75 Å². The normalized spacial score (nSPS) is 21.2. The van der Waals surface area contributed by atoms with Gasteiger partial charge < -0.3 is 24.8 Å². The fourth-order valence-electron chi connectivity index (χ4n) is 2.38. The average Bonchev–Trinajstić information content (AvgIpc) is 2.46. The summed E-state index contributed by atoms with van der Waals surface area (Å²) in [6.45, 7) is 3.32. The smallest absolute Gasteiger partial charge is 0.406 e. The van der Waals surface area contributed by atoms with Gasteiger partial charge in [0.25, 0.3) is 0 Å². The SMILES string of the molecule is CN1CCO[C@H](CNC[C@@H](O)c2ccc(OC(F)(F)F)cc2)C1. The van der Waals surface area contributed by atoms with Crippen molar-refractivity contribution in [2.24, 2.45) is 0 Å². The van der Waals surface area contributed by atoms with Gasteiger partial charge in [0, 0.05) is 26.2 Å². The summed E-state index contributed by atoms with van der Waals surface area (Å²) in [6, 6.07) is 5.20. The van der Waals surface area contributed by atoms with Crippen molar-refractivity contribution in [2.75, 3.05) is 39.8 Å². The number of morpholine rings is 1. The molecule has 0 amide bonds.